The second-order valence-corrected chi connectivity index (χ2v) is 4.30. The van der Waals surface area contributed by atoms with E-state index in [1.807, 2.05) is 29.6 Å². The lowest BCUT2D eigenvalue weighted by Gasteiger charge is -2.11. The summed E-state index contributed by atoms with van der Waals surface area (Å²) < 4.78 is 6.13. The molecule has 84 valence electrons. The SMILES string of the molecule is CCOC(=N)C(O)c1csc2ccccc12. The maximum absolute atomic E-state index is 9.96. The summed E-state index contributed by atoms with van der Waals surface area (Å²) in [6.07, 6.45) is -0.962. The normalized spacial score (nSPS) is 12.6. The van der Waals surface area contributed by atoms with Crippen LogP contribution in [-0.4, -0.2) is 17.6 Å². The van der Waals surface area contributed by atoms with Crippen molar-refractivity contribution >= 4 is 27.3 Å². The number of fused-ring (bicyclic) bond motifs is 1. The van der Waals surface area contributed by atoms with Crippen molar-refractivity contribution in [2.24, 2.45) is 0 Å². The lowest BCUT2D eigenvalue weighted by molar-refractivity contribution is 0.192. The van der Waals surface area contributed by atoms with Crippen LogP contribution >= 0.6 is 11.3 Å². The smallest absolute Gasteiger partial charge is 0.215 e. The van der Waals surface area contributed by atoms with E-state index < -0.39 is 6.10 Å². The highest BCUT2D eigenvalue weighted by atomic mass is 32.1. The lowest BCUT2D eigenvalue weighted by atomic mass is 10.1. The highest BCUT2D eigenvalue weighted by Crippen LogP contribution is 2.30. The number of nitrogens with one attached hydrogen (secondary N) is 1. The van der Waals surface area contributed by atoms with E-state index in [0.717, 1.165) is 15.6 Å². The minimum absolute atomic E-state index is 0.0916. The monoisotopic (exact) mass is 235 g/mol. The van der Waals surface area contributed by atoms with Crippen LogP contribution in [-0.2, 0) is 4.74 Å². The number of hydrogen-bond donors (Lipinski definition) is 2. The molecule has 3 nitrogen and oxygen atoms in total. The molecule has 0 aliphatic heterocycles. The van der Waals surface area contributed by atoms with Crippen molar-refractivity contribution in [3.63, 3.8) is 0 Å². The molecule has 4 heteroatoms. The average molecular weight is 235 g/mol. The molecule has 0 saturated carbocycles. The first-order valence-electron chi connectivity index (χ1n) is 5.09. The van der Waals surface area contributed by atoms with Gasteiger partial charge in [-0.15, -0.1) is 11.3 Å². The van der Waals surface area contributed by atoms with Gasteiger partial charge in [-0.25, -0.2) is 0 Å². The summed E-state index contributed by atoms with van der Waals surface area (Å²) in [6, 6.07) is 7.84. The first kappa shape index (κ1) is 11.1. The Balaban J connectivity index is 2.36. The van der Waals surface area contributed by atoms with Gasteiger partial charge in [0.25, 0.3) is 0 Å². The summed E-state index contributed by atoms with van der Waals surface area (Å²) in [4.78, 5) is 0. The first-order valence-corrected chi connectivity index (χ1v) is 5.97. The van der Waals surface area contributed by atoms with Gasteiger partial charge in [0.15, 0.2) is 6.10 Å². The van der Waals surface area contributed by atoms with Crippen LogP contribution in [0.15, 0.2) is 29.6 Å². The third-order valence-corrected chi connectivity index (χ3v) is 3.34. The van der Waals surface area contributed by atoms with E-state index in [2.05, 4.69) is 0 Å². The summed E-state index contributed by atoms with van der Waals surface area (Å²) in [5.41, 5.74) is 0.749. The predicted molar refractivity (Wildman–Crippen MR) is 66.1 cm³/mol. The number of benzene rings is 1. The van der Waals surface area contributed by atoms with Gasteiger partial charge >= 0.3 is 0 Å². The van der Waals surface area contributed by atoms with Gasteiger partial charge in [-0.2, -0.15) is 0 Å². The van der Waals surface area contributed by atoms with Gasteiger partial charge in [0.2, 0.25) is 5.90 Å². The Morgan fingerprint density at radius 3 is 3.00 bits per heavy atom. The minimum Gasteiger partial charge on any atom is -0.479 e. The van der Waals surface area contributed by atoms with Crippen molar-refractivity contribution in [1.82, 2.24) is 0 Å². The van der Waals surface area contributed by atoms with Crippen LogP contribution in [0, 0.1) is 5.41 Å². The number of ether oxygens (including phenoxy) is 1. The van der Waals surface area contributed by atoms with Crippen molar-refractivity contribution in [2.75, 3.05) is 6.61 Å². The molecule has 2 aromatic rings. The molecule has 0 spiro atoms. The van der Waals surface area contributed by atoms with Crippen molar-refractivity contribution < 1.29 is 9.84 Å². The minimum atomic E-state index is -0.962. The van der Waals surface area contributed by atoms with Crippen LogP contribution in [0.25, 0.3) is 10.1 Å². The van der Waals surface area contributed by atoms with Crippen LogP contribution in [0.3, 0.4) is 0 Å². The van der Waals surface area contributed by atoms with Crippen molar-refractivity contribution in [2.45, 2.75) is 13.0 Å². The lowest BCUT2D eigenvalue weighted by Crippen LogP contribution is -2.14. The highest BCUT2D eigenvalue weighted by Gasteiger charge is 2.18. The van der Waals surface area contributed by atoms with Gasteiger partial charge in [0.1, 0.15) is 0 Å². The van der Waals surface area contributed by atoms with E-state index in [9.17, 15) is 5.11 Å². The molecule has 0 fully saturated rings. The molecule has 0 saturated heterocycles. The van der Waals surface area contributed by atoms with Gasteiger partial charge in [-0.1, -0.05) is 18.2 Å². The summed E-state index contributed by atoms with van der Waals surface area (Å²) >= 11 is 1.57. The zero-order valence-corrected chi connectivity index (χ0v) is 9.75. The number of hydrogen-bond acceptors (Lipinski definition) is 4. The standard InChI is InChI=1S/C12H13NO2S/c1-2-15-12(13)11(14)9-7-16-10-6-4-3-5-8(9)10/h3-7,11,13-14H,2H2,1H3. The Morgan fingerprint density at radius 1 is 1.50 bits per heavy atom. The van der Waals surface area contributed by atoms with E-state index in [4.69, 9.17) is 10.1 Å². The quantitative estimate of drug-likeness (QED) is 0.634. The summed E-state index contributed by atoms with van der Waals surface area (Å²) in [5, 5.41) is 20.4. The molecule has 0 radical (unpaired) electrons. The first-order chi connectivity index (χ1) is 7.74. The summed E-state index contributed by atoms with van der Waals surface area (Å²) in [7, 11) is 0. The summed E-state index contributed by atoms with van der Waals surface area (Å²) in [5.74, 6) is -0.0916. The van der Waals surface area contributed by atoms with E-state index in [-0.39, 0.29) is 5.90 Å². The van der Waals surface area contributed by atoms with Gasteiger partial charge in [-0.05, 0) is 23.8 Å². The number of aliphatic hydroxyl groups is 1. The van der Waals surface area contributed by atoms with Crippen molar-refractivity contribution in [3.05, 3.63) is 35.2 Å². The maximum atomic E-state index is 9.96. The molecule has 2 N–H and O–H groups in total. The Bertz CT molecular complexity index is 506. The van der Waals surface area contributed by atoms with E-state index >= 15 is 0 Å². The molecule has 0 aliphatic rings. The largest absolute Gasteiger partial charge is 0.479 e. The zero-order chi connectivity index (χ0) is 11.5. The fourth-order valence-electron chi connectivity index (χ4n) is 1.59. The Morgan fingerprint density at radius 2 is 2.25 bits per heavy atom. The molecular formula is C12H13NO2S. The van der Waals surface area contributed by atoms with E-state index in [1.165, 1.54) is 0 Å². The molecule has 1 aromatic carbocycles. The van der Waals surface area contributed by atoms with Crippen LogP contribution in [0.1, 0.15) is 18.6 Å². The summed E-state index contributed by atoms with van der Waals surface area (Å²) in [6.45, 7) is 2.20. The number of rotatable bonds is 3. The number of aliphatic hydroxyl groups excluding tert-OH is 1. The van der Waals surface area contributed by atoms with Gasteiger partial charge in [-0.3, -0.25) is 5.41 Å². The topological polar surface area (TPSA) is 53.3 Å². The molecule has 1 unspecified atom stereocenters. The third kappa shape index (κ3) is 1.94. The van der Waals surface area contributed by atoms with Crippen LogP contribution in [0.4, 0.5) is 0 Å². The van der Waals surface area contributed by atoms with Gasteiger partial charge < -0.3 is 9.84 Å². The average Bonchev–Trinajstić information content (AvgIpc) is 2.72. The second-order valence-electron chi connectivity index (χ2n) is 3.39. The third-order valence-electron chi connectivity index (χ3n) is 2.35. The Hall–Kier alpha value is -1.39. The van der Waals surface area contributed by atoms with Gasteiger partial charge in [0, 0.05) is 10.3 Å². The molecule has 0 amide bonds. The molecule has 1 heterocycles. The maximum Gasteiger partial charge on any atom is 0.215 e. The van der Waals surface area contributed by atoms with Crippen LogP contribution < -0.4 is 0 Å². The van der Waals surface area contributed by atoms with Crippen LogP contribution in [0.5, 0.6) is 0 Å². The van der Waals surface area contributed by atoms with Crippen LogP contribution in [0.2, 0.25) is 0 Å². The van der Waals surface area contributed by atoms with E-state index in [0.29, 0.717) is 6.61 Å². The fraction of sp³-hybridized carbons (Fsp3) is 0.250. The molecule has 1 atom stereocenters. The van der Waals surface area contributed by atoms with E-state index in [1.54, 1.807) is 18.3 Å². The Labute approximate surface area is 97.8 Å². The molecule has 2 rings (SSSR count). The Kier molecular flexibility index (Phi) is 3.22. The van der Waals surface area contributed by atoms with Crippen molar-refractivity contribution in [3.8, 4) is 0 Å². The fourth-order valence-corrected chi connectivity index (χ4v) is 2.57. The zero-order valence-electron chi connectivity index (χ0n) is 8.93. The molecule has 1 aromatic heterocycles. The predicted octanol–water partition coefficient (Wildman–Crippen LogP) is 2.95. The molecule has 0 bridgehead atoms. The molecule has 0 aliphatic carbocycles. The van der Waals surface area contributed by atoms with Crippen molar-refractivity contribution in [1.29, 1.82) is 5.41 Å². The number of thiophene rings is 1. The molecule has 16 heavy (non-hydrogen) atoms. The second kappa shape index (κ2) is 4.63. The highest BCUT2D eigenvalue weighted by molar-refractivity contribution is 7.17. The molecular weight excluding hydrogens is 222 g/mol. The van der Waals surface area contributed by atoms with Gasteiger partial charge in [0.05, 0.1) is 6.61 Å².